The molecule has 7 nitrogen and oxygen atoms in total. The van der Waals surface area contributed by atoms with Gasteiger partial charge in [0.15, 0.2) is 12.5 Å². The molecule has 0 aliphatic rings. The smallest absolute Gasteiger partial charge is 0.819 e. The van der Waals surface area contributed by atoms with E-state index in [9.17, 15) is 14.7 Å². The van der Waals surface area contributed by atoms with Crippen LogP contribution in [0.4, 0.5) is 0 Å². The first-order valence-corrected chi connectivity index (χ1v) is 31.6. The van der Waals surface area contributed by atoms with Gasteiger partial charge in [0, 0.05) is 19.8 Å². The van der Waals surface area contributed by atoms with Gasteiger partial charge in [-0.3, -0.25) is 0 Å². The SMILES string of the molecule is CCCCCCCCCCCCOP([O-])(=S)[S-].CCCCCCCCCCCCOP([O-])(=S)[S-].CCCCCCCCCCCCOP([O-])(=S)[S-].O=S.[Mo+6]. The quantitative estimate of drug-likeness (QED) is 0.0257. The Bertz CT molecular complexity index is 753. The van der Waals surface area contributed by atoms with Crippen molar-refractivity contribution >= 4 is 102 Å². The second kappa shape index (κ2) is 52.6. The minimum absolute atomic E-state index is 0. The van der Waals surface area contributed by atoms with Crippen molar-refractivity contribution in [2.24, 2.45) is 0 Å². The molecular weight excluding hydrogens is 958 g/mol. The van der Waals surface area contributed by atoms with Crippen molar-refractivity contribution < 1.29 is 53.5 Å². The van der Waals surface area contributed by atoms with E-state index in [1.54, 1.807) is 0 Å². The Labute approximate surface area is 385 Å². The average Bonchev–Trinajstić information content (AvgIpc) is 3.08. The molecule has 0 fully saturated rings. The summed E-state index contributed by atoms with van der Waals surface area (Å²) in [5.74, 6) is 0. The Kier molecular flexibility index (Phi) is 64.8. The summed E-state index contributed by atoms with van der Waals surface area (Å²) in [5, 5.41) is 0. The van der Waals surface area contributed by atoms with E-state index in [4.69, 9.17) is 17.8 Å². The Balaban J connectivity index is -0.000000215. The van der Waals surface area contributed by atoms with E-state index >= 15 is 0 Å². The molecule has 18 heteroatoms. The molecule has 0 heterocycles. The van der Waals surface area contributed by atoms with Crippen molar-refractivity contribution in [1.29, 1.82) is 0 Å². The third kappa shape index (κ3) is 79.6. The second-order valence-corrected chi connectivity index (χ2v) is 27.6. The van der Waals surface area contributed by atoms with Gasteiger partial charge in [-0.15, -0.1) is 52.5 Å². The van der Waals surface area contributed by atoms with Gasteiger partial charge in [0.05, 0.1) is 0 Å². The molecule has 0 N–H and O–H groups in total. The van der Waals surface area contributed by atoms with E-state index in [-0.39, 0.29) is 21.1 Å². The maximum atomic E-state index is 10.9. The summed E-state index contributed by atoms with van der Waals surface area (Å²) in [6.45, 7) is 8.11. The van der Waals surface area contributed by atoms with E-state index in [1.165, 1.54) is 154 Å². The molecule has 0 aromatic rings. The summed E-state index contributed by atoms with van der Waals surface area (Å²) in [6, 6.07) is 0. The largest absolute Gasteiger partial charge is 6.00 e. The standard InChI is InChI=1S/3C12H27O2PS2.Mo.OS/c3*1-2-3-4-5-6-7-8-9-10-11-12-14-15(13,16)17;;1-2/h3*2-12H2,1H3,(H2,13,16,17);;/q;;;+6;/p-6. The molecular formula is C36H75MoO7P3S7. The van der Waals surface area contributed by atoms with Crippen LogP contribution in [0.15, 0.2) is 0 Å². The van der Waals surface area contributed by atoms with Crippen LogP contribution in [0, 0.1) is 0 Å². The summed E-state index contributed by atoms with van der Waals surface area (Å²) >= 11 is 29.9. The molecule has 0 aromatic heterocycles. The minimum Gasteiger partial charge on any atom is -0.819 e. The summed E-state index contributed by atoms with van der Waals surface area (Å²) in [5.41, 5.74) is -9.23. The maximum absolute atomic E-state index is 10.9. The molecule has 0 aromatic carbocycles. The first-order chi connectivity index (χ1) is 25.2. The van der Waals surface area contributed by atoms with Crippen molar-refractivity contribution in [2.45, 2.75) is 213 Å². The predicted octanol–water partition coefficient (Wildman–Crippen LogP) is 11.8. The summed E-state index contributed by atoms with van der Waals surface area (Å²) in [7, 11) is 0. The van der Waals surface area contributed by atoms with E-state index in [2.05, 4.69) is 105 Å². The molecule has 324 valence electrons. The molecule has 0 saturated carbocycles. The van der Waals surface area contributed by atoms with Crippen molar-refractivity contribution in [3.05, 3.63) is 0 Å². The zero-order chi connectivity index (χ0) is 41.0. The van der Waals surface area contributed by atoms with Crippen molar-refractivity contribution in [1.82, 2.24) is 0 Å². The zero-order valence-electron chi connectivity index (χ0n) is 33.8. The fraction of sp³-hybridized carbons (Fsp3) is 1.00. The molecule has 0 saturated heterocycles. The van der Waals surface area contributed by atoms with Crippen LogP contribution in [0.2, 0.25) is 0 Å². The van der Waals surface area contributed by atoms with Crippen molar-refractivity contribution in [3.8, 4) is 0 Å². The van der Waals surface area contributed by atoms with Gasteiger partial charge in [-0.2, -0.15) is 4.21 Å². The first-order valence-electron chi connectivity index (χ1n) is 20.3. The zero-order valence-corrected chi connectivity index (χ0v) is 44.2. The number of hydrogen-bond donors (Lipinski definition) is 0. The maximum Gasteiger partial charge on any atom is 6.00 e. The normalized spacial score (nSPS) is 14.0. The Morgan fingerprint density at radius 2 is 0.481 bits per heavy atom. The third-order valence-electron chi connectivity index (χ3n) is 8.24. The number of rotatable bonds is 36. The molecule has 3 atom stereocenters. The van der Waals surface area contributed by atoms with Gasteiger partial charge in [0.1, 0.15) is 0 Å². The van der Waals surface area contributed by atoms with Gasteiger partial charge in [0.2, 0.25) is 0 Å². The van der Waals surface area contributed by atoms with Crippen LogP contribution in [-0.4, -0.2) is 24.0 Å². The summed E-state index contributed by atoms with van der Waals surface area (Å²) in [6.07, 6.45) is 38.2. The van der Waals surface area contributed by atoms with Crippen LogP contribution in [-0.2, 0) is 119 Å². The van der Waals surface area contributed by atoms with Crippen molar-refractivity contribution in [2.75, 3.05) is 19.8 Å². The Morgan fingerprint density at radius 1 is 0.352 bits per heavy atom. The Morgan fingerprint density at radius 3 is 0.611 bits per heavy atom. The van der Waals surface area contributed by atoms with Crippen molar-refractivity contribution in [3.63, 3.8) is 0 Å². The molecule has 0 aliphatic heterocycles. The number of unbranched alkanes of at least 4 members (excludes halogenated alkanes) is 27. The average molecular weight is 1030 g/mol. The van der Waals surface area contributed by atoms with Crippen LogP contribution in [0.1, 0.15) is 213 Å². The molecule has 54 heavy (non-hydrogen) atoms. The topological polar surface area (TPSA) is 114 Å². The van der Waals surface area contributed by atoms with E-state index in [1.807, 2.05) is 0 Å². The fourth-order valence-electron chi connectivity index (χ4n) is 5.30. The van der Waals surface area contributed by atoms with Crippen LogP contribution >= 0.6 is 17.1 Å². The van der Waals surface area contributed by atoms with Crippen LogP contribution < -0.4 is 14.7 Å². The first kappa shape index (κ1) is 66.6. The second-order valence-electron chi connectivity index (χ2n) is 13.4. The minimum atomic E-state index is -3.08. The predicted molar refractivity (Wildman–Crippen MR) is 246 cm³/mol. The Hall–Kier alpha value is 3.47. The van der Waals surface area contributed by atoms with Crippen LogP contribution in [0.5, 0.6) is 0 Å². The van der Waals surface area contributed by atoms with Crippen LogP contribution in [0.25, 0.3) is 0 Å². The molecule has 0 bridgehead atoms. The van der Waals surface area contributed by atoms with E-state index in [0.29, 0.717) is 19.8 Å². The molecule has 0 rings (SSSR count). The monoisotopic (exact) mass is 1030 g/mol. The van der Waals surface area contributed by atoms with E-state index in [0.717, 1.165) is 38.5 Å². The summed E-state index contributed by atoms with van der Waals surface area (Å²) < 4.78 is 22.5. The molecule has 0 aliphatic carbocycles. The van der Waals surface area contributed by atoms with Gasteiger partial charge in [0.25, 0.3) is 0 Å². The van der Waals surface area contributed by atoms with Crippen LogP contribution in [0.3, 0.4) is 0 Å². The molecule has 3 unspecified atom stereocenters. The van der Waals surface area contributed by atoms with Gasteiger partial charge in [-0.05, 0) is 19.3 Å². The van der Waals surface area contributed by atoms with Gasteiger partial charge in [-0.25, -0.2) is 0 Å². The van der Waals surface area contributed by atoms with Gasteiger partial charge < -0.3 is 65.0 Å². The van der Waals surface area contributed by atoms with Gasteiger partial charge >= 0.3 is 21.1 Å². The summed E-state index contributed by atoms with van der Waals surface area (Å²) in [4.78, 5) is 32.6. The third-order valence-corrected chi connectivity index (χ3v) is 11.6. The number of hydrogen-bond acceptors (Lipinski definition) is 14. The fourth-order valence-corrected chi connectivity index (χ4v) is 7.70. The van der Waals surface area contributed by atoms with E-state index < -0.39 is 17.1 Å². The molecule has 0 amide bonds. The molecule has 0 spiro atoms. The molecule has 0 radical (unpaired) electrons. The van der Waals surface area contributed by atoms with Gasteiger partial charge in [-0.1, -0.05) is 194 Å².